The van der Waals surface area contributed by atoms with E-state index in [1.165, 1.54) is 6.07 Å². The van der Waals surface area contributed by atoms with Gasteiger partial charge in [-0.15, -0.1) is 0 Å². The molecule has 0 heterocycles. The van der Waals surface area contributed by atoms with Crippen LogP contribution < -0.4 is 11.1 Å². The number of hydrogen-bond acceptors (Lipinski definition) is 2. The van der Waals surface area contributed by atoms with Crippen molar-refractivity contribution >= 4 is 43.2 Å². The Morgan fingerprint density at radius 1 is 1.11 bits per heavy atom. The van der Waals surface area contributed by atoms with Gasteiger partial charge in [0.25, 0.3) is 0 Å². The number of nitrogens with one attached hydrogen (secondary N) is 1. The molecule has 2 rings (SSSR count). The van der Waals surface area contributed by atoms with Crippen molar-refractivity contribution in [3.63, 3.8) is 0 Å². The van der Waals surface area contributed by atoms with Gasteiger partial charge in [0.1, 0.15) is 5.82 Å². The summed E-state index contributed by atoms with van der Waals surface area (Å²) in [7, 11) is 0. The summed E-state index contributed by atoms with van der Waals surface area (Å²) in [4.78, 5) is 0. The lowest BCUT2D eigenvalue weighted by Crippen LogP contribution is -2.02. The molecule has 0 radical (unpaired) electrons. The Balaban J connectivity index is 2.13. The smallest absolute Gasteiger partial charge is 0.128 e. The maximum absolute atomic E-state index is 13.5. The zero-order valence-electron chi connectivity index (χ0n) is 9.38. The van der Waals surface area contributed by atoms with Crippen molar-refractivity contribution in [3.05, 3.63) is 56.7 Å². The third kappa shape index (κ3) is 3.23. The lowest BCUT2D eigenvalue weighted by atomic mass is 10.2. The highest BCUT2D eigenvalue weighted by Crippen LogP contribution is 2.25. The maximum atomic E-state index is 13.5. The van der Waals surface area contributed by atoms with Gasteiger partial charge in [-0.05, 0) is 52.3 Å². The number of hydrogen-bond donors (Lipinski definition) is 2. The molecule has 0 fully saturated rings. The van der Waals surface area contributed by atoms with Gasteiger partial charge in [-0.3, -0.25) is 0 Å². The number of halogens is 3. The average Bonchev–Trinajstić information content (AvgIpc) is 2.32. The number of nitrogens with two attached hydrogens (primary N) is 1. The van der Waals surface area contributed by atoms with Crippen LogP contribution in [0.15, 0.2) is 45.3 Å². The standard InChI is InChI=1S/C13H11Br2FN2/c14-9-1-3-12(16)8(5-9)7-18-13-4-2-10(17)6-11(13)15/h1-6,18H,7,17H2. The van der Waals surface area contributed by atoms with Crippen LogP contribution in [0.5, 0.6) is 0 Å². The highest BCUT2D eigenvalue weighted by atomic mass is 79.9. The van der Waals surface area contributed by atoms with Crippen LogP contribution in [0.3, 0.4) is 0 Å². The summed E-state index contributed by atoms with van der Waals surface area (Å²) in [5, 5.41) is 3.16. The molecular weight excluding hydrogens is 363 g/mol. The summed E-state index contributed by atoms with van der Waals surface area (Å²) < 4.78 is 15.3. The zero-order chi connectivity index (χ0) is 13.1. The Morgan fingerprint density at radius 3 is 2.61 bits per heavy atom. The van der Waals surface area contributed by atoms with E-state index in [1.807, 2.05) is 6.07 Å². The summed E-state index contributed by atoms with van der Waals surface area (Å²) in [5.74, 6) is -0.225. The van der Waals surface area contributed by atoms with E-state index in [9.17, 15) is 4.39 Å². The Morgan fingerprint density at radius 2 is 1.89 bits per heavy atom. The van der Waals surface area contributed by atoms with Crippen molar-refractivity contribution in [2.45, 2.75) is 6.54 Å². The summed E-state index contributed by atoms with van der Waals surface area (Å²) in [6.07, 6.45) is 0. The molecule has 0 spiro atoms. The molecule has 5 heteroatoms. The first-order valence-electron chi connectivity index (χ1n) is 5.29. The Hall–Kier alpha value is -1.07. The second kappa shape index (κ2) is 5.71. The van der Waals surface area contributed by atoms with Gasteiger partial charge < -0.3 is 11.1 Å². The Labute approximate surface area is 122 Å². The predicted molar refractivity (Wildman–Crippen MR) is 80.0 cm³/mol. The van der Waals surface area contributed by atoms with Crippen LogP contribution in [0.1, 0.15) is 5.56 Å². The normalized spacial score (nSPS) is 10.4. The molecule has 94 valence electrons. The van der Waals surface area contributed by atoms with Crippen molar-refractivity contribution in [1.82, 2.24) is 0 Å². The molecule has 0 saturated carbocycles. The molecule has 0 bridgehead atoms. The first-order chi connectivity index (χ1) is 8.56. The predicted octanol–water partition coefficient (Wildman–Crippen LogP) is 4.55. The van der Waals surface area contributed by atoms with Crippen molar-refractivity contribution < 1.29 is 4.39 Å². The van der Waals surface area contributed by atoms with Gasteiger partial charge in [-0.1, -0.05) is 15.9 Å². The number of anilines is 2. The van der Waals surface area contributed by atoms with Gasteiger partial charge in [0.15, 0.2) is 0 Å². The minimum Gasteiger partial charge on any atom is -0.399 e. The molecule has 0 aromatic heterocycles. The Kier molecular flexibility index (Phi) is 4.24. The van der Waals surface area contributed by atoms with Gasteiger partial charge in [0, 0.05) is 32.4 Å². The fourth-order valence-corrected chi connectivity index (χ4v) is 2.49. The third-order valence-electron chi connectivity index (χ3n) is 2.47. The first kappa shape index (κ1) is 13.4. The molecule has 0 aliphatic carbocycles. The second-order valence-corrected chi connectivity index (χ2v) is 5.60. The Bertz CT molecular complexity index is 573. The molecule has 2 nitrogen and oxygen atoms in total. The fourth-order valence-electron chi connectivity index (χ4n) is 1.54. The number of rotatable bonds is 3. The summed E-state index contributed by atoms with van der Waals surface area (Å²) in [6.45, 7) is 0.411. The van der Waals surface area contributed by atoms with E-state index < -0.39 is 0 Å². The van der Waals surface area contributed by atoms with Crippen LogP contribution in [0.2, 0.25) is 0 Å². The fraction of sp³-hybridized carbons (Fsp3) is 0.0769. The number of nitrogen functional groups attached to an aromatic ring is 1. The van der Waals surface area contributed by atoms with Gasteiger partial charge in [-0.25, -0.2) is 4.39 Å². The van der Waals surface area contributed by atoms with Gasteiger partial charge in [0.2, 0.25) is 0 Å². The molecule has 0 amide bonds. The molecule has 0 aliphatic heterocycles. The van der Waals surface area contributed by atoms with Gasteiger partial charge >= 0.3 is 0 Å². The van der Waals surface area contributed by atoms with Crippen molar-refractivity contribution in [2.24, 2.45) is 0 Å². The maximum Gasteiger partial charge on any atom is 0.128 e. The molecule has 0 saturated heterocycles. The van der Waals surface area contributed by atoms with E-state index in [1.54, 1.807) is 24.3 Å². The number of benzene rings is 2. The minimum absolute atomic E-state index is 0.225. The largest absolute Gasteiger partial charge is 0.399 e. The molecule has 2 aromatic carbocycles. The van der Waals surface area contributed by atoms with E-state index >= 15 is 0 Å². The highest BCUT2D eigenvalue weighted by molar-refractivity contribution is 9.10. The van der Waals surface area contributed by atoms with Crippen molar-refractivity contribution in [1.29, 1.82) is 0 Å². The summed E-state index contributed by atoms with van der Waals surface area (Å²) in [5.41, 5.74) is 7.82. The lowest BCUT2D eigenvalue weighted by molar-refractivity contribution is 0.612. The average molecular weight is 374 g/mol. The van der Waals surface area contributed by atoms with Gasteiger partial charge in [-0.2, -0.15) is 0 Å². The van der Waals surface area contributed by atoms with Crippen LogP contribution in [0.25, 0.3) is 0 Å². The first-order valence-corrected chi connectivity index (χ1v) is 6.87. The molecule has 0 aliphatic rings. The van der Waals surface area contributed by atoms with Crippen LogP contribution in [0, 0.1) is 5.82 Å². The topological polar surface area (TPSA) is 38.0 Å². The zero-order valence-corrected chi connectivity index (χ0v) is 12.6. The molecule has 3 N–H and O–H groups in total. The minimum atomic E-state index is -0.225. The van der Waals surface area contributed by atoms with Crippen LogP contribution in [0.4, 0.5) is 15.8 Å². The second-order valence-electron chi connectivity index (χ2n) is 3.83. The highest BCUT2D eigenvalue weighted by Gasteiger charge is 2.04. The van der Waals surface area contributed by atoms with Gasteiger partial charge in [0.05, 0.1) is 0 Å². The van der Waals surface area contributed by atoms with Crippen LogP contribution in [-0.2, 0) is 6.54 Å². The van der Waals surface area contributed by atoms with Crippen molar-refractivity contribution in [2.75, 3.05) is 11.1 Å². The summed E-state index contributed by atoms with van der Waals surface area (Å²) >= 11 is 6.73. The monoisotopic (exact) mass is 372 g/mol. The van der Waals surface area contributed by atoms with E-state index in [0.717, 1.165) is 14.6 Å². The quantitative estimate of drug-likeness (QED) is 0.775. The third-order valence-corrected chi connectivity index (χ3v) is 3.62. The van der Waals surface area contributed by atoms with E-state index in [0.29, 0.717) is 17.8 Å². The summed E-state index contributed by atoms with van der Waals surface area (Å²) in [6, 6.07) is 10.3. The SMILES string of the molecule is Nc1ccc(NCc2cc(Br)ccc2F)c(Br)c1. The van der Waals surface area contributed by atoms with Crippen LogP contribution in [-0.4, -0.2) is 0 Å². The van der Waals surface area contributed by atoms with E-state index in [-0.39, 0.29) is 5.82 Å². The molecule has 0 atom stereocenters. The van der Waals surface area contributed by atoms with Crippen LogP contribution >= 0.6 is 31.9 Å². The van der Waals surface area contributed by atoms with E-state index in [4.69, 9.17) is 5.73 Å². The molecule has 18 heavy (non-hydrogen) atoms. The molecular formula is C13H11Br2FN2. The molecule has 0 unspecified atom stereocenters. The van der Waals surface area contributed by atoms with Crippen molar-refractivity contribution in [3.8, 4) is 0 Å². The lowest BCUT2D eigenvalue weighted by Gasteiger charge is -2.10. The molecule has 2 aromatic rings. The van der Waals surface area contributed by atoms with E-state index in [2.05, 4.69) is 37.2 Å².